The molecule has 7 heteroatoms. The highest BCUT2D eigenvalue weighted by molar-refractivity contribution is 6.42. The molecule has 5 nitrogen and oxygen atoms in total. The van der Waals surface area contributed by atoms with Gasteiger partial charge in [-0.3, -0.25) is 0 Å². The molecule has 0 spiro atoms. The van der Waals surface area contributed by atoms with Crippen molar-refractivity contribution in [2.45, 2.75) is 32.9 Å². The zero-order valence-corrected chi connectivity index (χ0v) is 12.1. The number of nitrogens with one attached hydrogen (secondary N) is 1. The quantitative estimate of drug-likeness (QED) is 0.888. The summed E-state index contributed by atoms with van der Waals surface area (Å²) in [5.74, 6) is 0.643. The van der Waals surface area contributed by atoms with Crippen LogP contribution in [-0.2, 0) is 13.1 Å². The fraction of sp³-hybridized carbons (Fsp3) is 0.417. The third-order valence-corrected chi connectivity index (χ3v) is 3.58. The average molecular weight is 300 g/mol. The van der Waals surface area contributed by atoms with Crippen LogP contribution in [0.1, 0.15) is 25.3 Å². The zero-order valence-electron chi connectivity index (χ0n) is 10.6. The van der Waals surface area contributed by atoms with Crippen LogP contribution in [-0.4, -0.2) is 20.2 Å². The van der Waals surface area contributed by atoms with Gasteiger partial charge in [-0.15, -0.1) is 0 Å². The summed E-state index contributed by atoms with van der Waals surface area (Å²) in [7, 11) is 0. The van der Waals surface area contributed by atoms with Crippen LogP contribution in [0.15, 0.2) is 18.2 Å². The lowest BCUT2D eigenvalue weighted by molar-refractivity contribution is 0.556. The van der Waals surface area contributed by atoms with Crippen LogP contribution in [0.25, 0.3) is 0 Å². The van der Waals surface area contributed by atoms with Gasteiger partial charge in [0.05, 0.1) is 10.0 Å². The molecule has 0 saturated heterocycles. The molecule has 1 aromatic heterocycles. The molecule has 102 valence electrons. The number of hydrogen-bond donors (Lipinski definition) is 1. The molecule has 1 N–H and O–H groups in total. The topological polar surface area (TPSA) is 55.6 Å². The number of rotatable bonds is 6. The van der Waals surface area contributed by atoms with E-state index < -0.39 is 0 Å². The second-order valence-corrected chi connectivity index (χ2v) is 4.93. The van der Waals surface area contributed by atoms with Crippen molar-refractivity contribution in [1.29, 1.82) is 0 Å². The maximum atomic E-state index is 6.13. The van der Waals surface area contributed by atoms with Gasteiger partial charge in [-0.1, -0.05) is 53.8 Å². The van der Waals surface area contributed by atoms with Crippen LogP contribution in [0.5, 0.6) is 0 Å². The molecule has 0 unspecified atom stereocenters. The Morgan fingerprint density at radius 2 is 2.16 bits per heavy atom. The van der Waals surface area contributed by atoms with Gasteiger partial charge in [0.2, 0.25) is 5.95 Å². The standard InChI is InChI=1S/C12H15Cl2N5/c1-2-3-7-19-12(16-17-18-19)15-8-9-5-4-6-10(13)11(9)14/h4-6H,2-3,7-8H2,1H3,(H,15,16,18). The molecule has 0 amide bonds. The monoisotopic (exact) mass is 299 g/mol. The van der Waals surface area contributed by atoms with E-state index in [-0.39, 0.29) is 0 Å². The summed E-state index contributed by atoms with van der Waals surface area (Å²) < 4.78 is 1.75. The number of halogens is 2. The predicted octanol–water partition coefficient (Wildman–Crippen LogP) is 3.39. The maximum absolute atomic E-state index is 6.13. The highest BCUT2D eigenvalue weighted by Gasteiger charge is 2.07. The van der Waals surface area contributed by atoms with E-state index in [0.29, 0.717) is 22.5 Å². The average Bonchev–Trinajstić information content (AvgIpc) is 2.85. The Bertz CT molecular complexity index is 541. The SMILES string of the molecule is CCCCn1nnnc1NCc1cccc(Cl)c1Cl. The van der Waals surface area contributed by atoms with E-state index in [1.54, 1.807) is 10.7 Å². The zero-order chi connectivity index (χ0) is 13.7. The number of tetrazole rings is 1. The van der Waals surface area contributed by atoms with Crippen molar-refractivity contribution in [1.82, 2.24) is 20.2 Å². The van der Waals surface area contributed by atoms with E-state index in [1.807, 2.05) is 12.1 Å². The molecule has 1 heterocycles. The van der Waals surface area contributed by atoms with Gasteiger partial charge in [0.1, 0.15) is 0 Å². The molecular formula is C12H15Cl2N5. The summed E-state index contributed by atoms with van der Waals surface area (Å²) in [4.78, 5) is 0. The van der Waals surface area contributed by atoms with E-state index in [0.717, 1.165) is 24.9 Å². The normalized spacial score (nSPS) is 10.7. The largest absolute Gasteiger partial charge is 0.349 e. The van der Waals surface area contributed by atoms with Crippen molar-refractivity contribution in [2.75, 3.05) is 5.32 Å². The second-order valence-electron chi connectivity index (χ2n) is 4.15. The molecule has 0 atom stereocenters. The minimum absolute atomic E-state index is 0.534. The third kappa shape index (κ3) is 3.58. The lowest BCUT2D eigenvalue weighted by atomic mass is 10.2. The van der Waals surface area contributed by atoms with Crippen LogP contribution in [0.3, 0.4) is 0 Å². The van der Waals surface area contributed by atoms with Gasteiger partial charge in [0.15, 0.2) is 0 Å². The van der Waals surface area contributed by atoms with Crippen molar-refractivity contribution in [3.63, 3.8) is 0 Å². The minimum atomic E-state index is 0.534. The van der Waals surface area contributed by atoms with Crippen LogP contribution < -0.4 is 5.32 Å². The highest BCUT2D eigenvalue weighted by atomic mass is 35.5. The van der Waals surface area contributed by atoms with Gasteiger partial charge in [-0.05, 0) is 28.5 Å². The Kier molecular flexibility index (Phi) is 4.99. The van der Waals surface area contributed by atoms with Gasteiger partial charge in [0, 0.05) is 13.1 Å². The van der Waals surface area contributed by atoms with E-state index in [4.69, 9.17) is 23.2 Å². The number of hydrogen-bond acceptors (Lipinski definition) is 4. The molecule has 0 aliphatic rings. The first-order chi connectivity index (χ1) is 9.22. The van der Waals surface area contributed by atoms with Gasteiger partial charge in [-0.2, -0.15) is 0 Å². The van der Waals surface area contributed by atoms with Crippen molar-refractivity contribution < 1.29 is 0 Å². The molecular weight excluding hydrogens is 285 g/mol. The molecule has 0 radical (unpaired) electrons. The van der Waals surface area contributed by atoms with Crippen molar-refractivity contribution in [2.24, 2.45) is 0 Å². The lowest BCUT2D eigenvalue weighted by Gasteiger charge is -2.08. The summed E-state index contributed by atoms with van der Waals surface area (Å²) in [6, 6.07) is 5.55. The number of aryl methyl sites for hydroxylation is 1. The van der Waals surface area contributed by atoms with Crippen molar-refractivity contribution >= 4 is 29.2 Å². The van der Waals surface area contributed by atoms with Crippen LogP contribution in [0.2, 0.25) is 10.0 Å². The van der Waals surface area contributed by atoms with Crippen molar-refractivity contribution in [3.8, 4) is 0 Å². The second kappa shape index (κ2) is 6.73. The van der Waals surface area contributed by atoms with Crippen LogP contribution in [0.4, 0.5) is 5.95 Å². The predicted molar refractivity (Wildman–Crippen MR) is 76.5 cm³/mol. The molecule has 0 aliphatic heterocycles. The number of unbranched alkanes of at least 4 members (excludes halogenated alkanes) is 1. The van der Waals surface area contributed by atoms with Crippen molar-refractivity contribution in [3.05, 3.63) is 33.8 Å². The lowest BCUT2D eigenvalue weighted by Crippen LogP contribution is -2.09. The van der Waals surface area contributed by atoms with Crippen LogP contribution >= 0.6 is 23.2 Å². The summed E-state index contributed by atoms with van der Waals surface area (Å²) in [5, 5.41) is 15.8. The summed E-state index contributed by atoms with van der Waals surface area (Å²) in [5.41, 5.74) is 0.916. The van der Waals surface area contributed by atoms with Crippen LogP contribution in [0, 0.1) is 0 Å². The smallest absolute Gasteiger partial charge is 0.243 e. The number of aromatic nitrogens is 4. The van der Waals surface area contributed by atoms with E-state index >= 15 is 0 Å². The molecule has 19 heavy (non-hydrogen) atoms. The molecule has 0 aliphatic carbocycles. The number of benzene rings is 1. The first kappa shape index (κ1) is 14.1. The Morgan fingerprint density at radius 3 is 2.95 bits per heavy atom. The first-order valence-electron chi connectivity index (χ1n) is 6.15. The van der Waals surface area contributed by atoms with Gasteiger partial charge in [-0.25, -0.2) is 4.68 Å². The van der Waals surface area contributed by atoms with Gasteiger partial charge in [0.25, 0.3) is 0 Å². The molecule has 2 aromatic rings. The Labute approximate surface area is 121 Å². The fourth-order valence-corrected chi connectivity index (χ4v) is 2.04. The fourth-order valence-electron chi connectivity index (χ4n) is 1.65. The molecule has 0 saturated carbocycles. The first-order valence-corrected chi connectivity index (χ1v) is 6.91. The maximum Gasteiger partial charge on any atom is 0.243 e. The van der Waals surface area contributed by atoms with E-state index in [1.165, 1.54) is 0 Å². The Morgan fingerprint density at radius 1 is 1.32 bits per heavy atom. The summed E-state index contributed by atoms with van der Waals surface area (Å²) >= 11 is 12.1. The summed E-state index contributed by atoms with van der Waals surface area (Å²) in [6.07, 6.45) is 2.14. The molecule has 0 bridgehead atoms. The van der Waals surface area contributed by atoms with Gasteiger partial charge >= 0.3 is 0 Å². The number of anilines is 1. The Balaban J connectivity index is 2.02. The third-order valence-electron chi connectivity index (χ3n) is 2.72. The Hall–Kier alpha value is -1.33. The summed E-state index contributed by atoms with van der Waals surface area (Å²) in [6.45, 7) is 3.46. The highest BCUT2D eigenvalue weighted by Crippen LogP contribution is 2.25. The molecule has 2 rings (SSSR count). The molecule has 0 fully saturated rings. The van der Waals surface area contributed by atoms with E-state index in [9.17, 15) is 0 Å². The molecule has 1 aromatic carbocycles. The van der Waals surface area contributed by atoms with E-state index in [2.05, 4.69) is 27.8 Å². The number of nitrogens with zero attached hydrogens (tertiary/aromatic N) is 4. The minimum Gasteiger partial charge on any atom is -0.349 e. The van der Waals surface area contributed by atoms with Gasteiger partial charge < -0.3 is 5.32 Å².